The summed E-state index contributed by atoms with van der Waals surface area (Å²) in [5.74, 6) is 0.00797. The number of rotatable bonds is 8. The normalized spacial score (nSPS) is 12.5. The molecule has 0 radical (unpaired) electrons. The van der Waals surface area contributed by atoms with Gasteiger partial charge in [0.15, 0.2) is 0 Å². The lowest BCUT2D eigenvalue weighted by molar-refractivity contribution is -0.121. The molecule has 0 spiro atoms. The number of ether oxygens (including phenoxy) is 2. The molecule has 14 heavy (non-hydrogen) atoms. The Bertz CT molecular complexity index is 153. The molecular formula is C9H20N2O3. The summed E-state index contributed by atoms with van der Waals surface area (Å²) in [5.41, 5.74) is 5.28. The Morgan fingerprint density at radius 1 is 1.50 bits per heavy atom. The fourth-order valence-corrected chi connectivity index (χ4v) is 0.975. The van der Waals surface area contributed by atoms with Crippen molar-refractivity contribution in [2.45, 2.75) is 18.9 Å². The van der Waals surface area contributed by atoms with Crippen molar-refractivity contribution >= 4 is 5.91 Å². The van der Waals surface area contributed by atoms with Crippen LogP contribution in [0, 0.1) is 0 Å². The minimum atomic E-state index is -0.0816. The zero-order valence-electron chi connectivity index (χ0n) is 8.91. The van der Waals surface area contributed by atoms with Crippen LogP contribution in [0.4, 0.5) is 0 Å². The molecule has 0 aliphatic rings. The zero-order valence-corrected chi connectivity index (χ0v) is 8.91. The fraction of sp³-hybridized carbons (Fsp3) is 0.889. The second kappa shape index (κ2) is 8.93. The van der Waals surface area contributed by atoms with E-state index < -0.39 is 0 Å². The summed E-state index contributed by atoms with van der Waals surface area (Å²) in [4.78, 5) is 11.2. The van der Waals surface area contributed by atoms with E-state index in [0.29, 0.717) is 32.5 Å². The molecule has 1 atom stereocenters. The number of carbonyl (C=O) groups is 1. The van der Waals surface area contributed by atoms with Gasteiger partial charge in [0.2, 0.25) is 5.91 Å². The van der Waals surface area contributed by atoms with Crippen molar-refractivity contribution in [2.24, 2.45) is 5.73 Å². The Labute approximate surface area is 84.9 Å². The Balaban J connectivity index is 3.52. The minimum absolute atomic E-state index is 0.00797. The molecule has 0 aromatic heterocycles. The van der Waals surface area contributed by atoms with Crippen LogP contribution in [0.2, 0.25) is 0 Å². The highest BCUT2D eigenvalue weighted by atomic mass is 16.5. The lowest BCUT2D eigenvalue weighted by Crippen LogP contribution is -2.35. The molecule has 1 unspecified atom stereocenters. The van der Waals surface area contributed by atoms with Gasteiger partial charge in [0, 0.05) is 27.2 Å². The van der Waals surface area contributed by atoms with E-state index in [0.717, 1.165) is 0 Å². The molecule has 0 heterocycles. The first kappa shape index (κ1) is 13.4. The highest BCUT2D eigenvalue weighted by Gasteiger charge is 2.08. The summed E-state index contributed by atoms with van der Waals surface area (Å²) >= 11 is 0. The number of nitrogens with two attached hydrogens (primary N) is 1. The predicted molar refractivity (Wildman–Crippen MR) is 54.0 cm³/mol. The molecule has 3 N–H and O–H groups in total. The van der Waals surface area contributed by atoms with Crippen LogP contribution in [-0.4, -0.2) is 45.9 Å². The Hall–Kier alpha value is -0.650. The molecule has 1 amide bonds. The van der Waals surface area contributed by atoms with Gasteiger partial charge in [-0.1, -0.05) is 0 Å². The second-order valence-electron chi connectivity index (χ2n) is 3.01. The van der Waals surface area contributed by atoms with Crippen molar-refractivity contribution in [1.29, 1.82) is 0 Å². The van der Waals surface area contributed by atoms with Crippen LogP contribution in [0.1, 0.15) is 12.8 Å². The van der Waals surface area contributed by atoms with Crippen LogP contribution >= 0.6 is 0 Å². The van der Waals surface area contributed by atoms with E-state index in [4.69, 9.17) is 15.2 Å². The summed E-state index contributed by atoms with van der Waals surface area (Å²) in [7, 11) is 3.19. The highest BCUT2D eigenvalue weighted by Crippen LogP contribution is 1.90. The van der Waals surface area contributed by atoms with E-state index >= 15 is 0 Å². The molecule has 0 fully saturated rings. The number of hydrogen-bond donors (Lipinski definition) is 2. The van der Waals surface area contributed by atoms with E-state index in [-0.39, 0.29) is 12.0 Å². The maximum absolute atomic E-state index is 11.2. The maximum atomic E-state index is 11.2. The molecule has 5 heteroatoms. The average molecular weight is 204 g/mol. The van der Waals surface area contributed by atoms with E-state index in [2.05, 4.69) is 5.32 Å². The number of hydrogen-bond acceptors (Lipinski definition) is 4. The standard InChI is InChI=1S/C9H20N2O3/c1-13-7-8(14-2)6-11-9(12)4-3-5-10/h8H,3-7,10H2,1-2H3,(H,11,12). The van der Waals surface area contributed by atoms with Gasteiger partial charge in [0.05, 0.1) is 12.7 Å². The monoisotopic (exact) mass is 204 g/mol. The molecular weight excluding hydrogens is 184 g/mol. The van der Waals surface area contributed by atoms with Crippen LogP contribution in [-0.2, 0) is 14.3 Å². The van der Waals surface area contributed by atoms with E-state index in [1.807, 2.05) is 0 Å². The summed E-state index contributed by atoms with van der Waals surface area (Å²) in [6.07, 6.45) is 1.11. The summed E-state index contributed by atoms with van der Waals surface area (Å²) < 4.78 is 9.99. The average Bonchev–Trinajstić information content (AvgIpc) is 2.21. The SMILES string of the molecule is COCC(CNC(=O)CCCN)OC. The van der Waals surface area contributed by atoms with Crippen molar-refractivity contribution in [2.75, 3.05) is 33.9 Å². The Morgan fingerprint density at radius 2 is 2.21 bits per heavy atom. The van der Waals surface area contributed by atoms with Crippen LogP contribution in [0.25, 0.3) is 0 Å². The quantitative estimate of drug-likeness (QED) is 0.559. The number of methoxy groups -OCH3 is 2. The third-order valence-corrected chi connectivity index (χ3v) is 1.82. The Kier molecular flexibility index (Phi) is 8.51. The summed E-state index contributed by atoms with van der Waals surface area (Å²) in [6, 6.07) is 0. The minimum Gasteiger partial charge on any atom is -0.382 e. The van der Waals surface area contributed by atoms with Crippen LogP contribution in [0.5, 0.6) is 0 Å². The summed E-state index contributed by atoms with van der Waals surface area (Å²) in [6.45, 7) is 1.50. The zero-order chi connectivity index (χ0) is 10.8. The topological polar surface area (TPSA) is 73.6 Å². The largest absolute Gasteiger partial charge is 0.382 e. The lowest BCUT2D eigenvalue weighted by Gasteiger charge is -2.14. The van der Waals surface area contributed by atoms with Gasteiger partial charge in [-0.25, -0.2) is 0 Å². The van der Waals surface area contributed by atoms with E-state index in [1.54, 1.807) is 14.2 Å². The van der Waals surface area contributed by atoms with E-state index in [9.17, 15) is 4.79 Å². The molecule has 0 bridgehead atoms. The molecule has 0 aromatic carbocycles. The molecule has 0 aliphatic carbocycles. The number of carbonyl (C=O) groups excluding carboxylic acids is 1. The van der Waals surface area contributed by atoms with Crippen molar-refractivity contribution in [1.82, 2.24) is 5.32 Å². The van der Waals surface area contributed by atoms with Gasteiger partial charge in [-0.05, 0) is 13.0 Å². The highest BCUT2D eigenvalue weighted by molar-refractivity contribution is 5.75. The molecule has 0 saturated carbocycles. The number of amides is 1. The van der Waals surface area contributed by atoms with Crippen LogP contribution < -0.4 is 11.1 Å². The van der Waals surface area contributed by atoms with Crippen molar-refractivity contribution in [3.8, 4) is 0 Å². The third kappa shape index (κ3) is 6.82. The maximum Gasteiger partial charge on any atom is 0.220 e. The van der Waals surface area contributed by atoms with Crippen molar-refractivity contribution in [3.05, 3.63) is 0 Å². The van der Waals surface area contributed by atoms with Gasteiger partial charge in [-0.15, -0.1) is 0 Å². The fourth-order valence-electron chi connectivity index (χ4n) is 0.975. The molecule has 5 nitrogen and oxygen atoms in total. The van der Waals surface area contributed by atoms with Crippen LogP contribution in [0.3, 0.4) is 0 Å². The van der Waals surface area contributed by atoms with Crippen molar-refractivity contribution < 1.29 is 14.3 Å². The molecule has 84 valence electrons. The van der Waals surface area contributed by atoms with Crippen LogP contribution in [0.15, 0.2) is 0 Å². The van der Waals surface area contributed by atoms with Gasteiger partial charge in [0.1, 0.15) is 0 Å². The van der Waals surface area contributed by atoms with Gasteiger partial charge < -0.3 is 20.5 Å². The Morgan fingerprint density at radius 3 is 2.71 bits per heavy atom. The third-order valence-electron chi connectivity index (χ3n) is 1.82. The van der Waals surface area contributed by atoms with Gasteiger partial charge in [0.25, 0.3) is 0 Å². The molecule has 0 saturated heterocycles. The molecule has 0 aliphatic heterocycles. The predicted octanol–water partition coefficient (Wildman–Crippen LogP) is -0.497. The number of nitrogens with one attached hydrogen (secondary N) is 1. The van der Waals surface area contributed by atoms with Gasteiger partial charge >= 0.3 is 0 Å². The van der Waals surface area contributed by atoms with Gasteiger partial charge in [-0.3, -0.25) is 4.79 Å². The first-order valence-corrected chi connectivity index (χ1v) is 4.73. The molecule has 0 rings (SSSR count). The smallest absolute Gasteiger partial charge is 0.220 e. The summed E-state index contributed by atoms with van der Waals surface area (Å²) in [5, 5.41) is 2.75. The van der Waals surface area contributed by atoms with E-state index in [1.165, 1.54) is 0 Å². The van der Waals surface area contributed by atoms with Gasteiger partial charge in [-0.2, -0.15) is 0 Å². The molecule has 0 aromatic rings. The second-order valence-corrected chi connectivity index (χ2v) is 3.01. The lowest BCUT2D eigenvalue weighted by atomic mass is 10.3. The first-order chi connectivity index (χ1) is 6.74. The first-order valence-electron chi connectivity index (χ1n) is 4.73. The van der Waals surface area contributed by atoms with Crippen molar-refractivity contribution in [3.63, 3.8) is 0 Å².